The summed E-state index contributed by atoms with van der Waals surface area (Å²) in [5.41, 5.74) is 0. The number of hydrogen-bond donors (Lipinski definition) is 0. The first kappa shape index (κ1) is 11.8. The molecule has 14 heavy (non-hydrogen) atoms. The molecule has 0 saturated heterocycles. The lowest BCUT2D eigenvalue weighted by Crippen LogP contribution is -2.13. The highest BCUT2D eigenvalue weighted by Gasteiger charge is 2.11. The Kier molecular flexibility index (Phi) is 4.67. The Morgan fingerprint density at radius 1 is 1.21 bits per heavy atom. The SMILES string of the molecule is O=S(=O)(CCCI)Oc1ccccc1. The molecule has 0 aliphatic carbocycles. The number of rotatable bonds is 5. The quantitative estimate of drug-likeness (QED) is 0.473. The van der Waals surface area contributed by atoms with Crippen LogP contribution in [0.2, 0.25) is 0 Å². The molecule has 1 rings (SSSR count). The Labute approximate surface area is 97.7 Å². The molecule has 0 spiro atoms. The molecule has 1 aromatic rings. The third kappa shape index (κ3) is 4.28. The van der Waals surface area contributed by atoms with Gasteiger partial charge in [-0.3, -0.25) is 0 Å². The second-order valence-electron chi connectivity index (χ2n) is 2.70. The van der Waals surface area contributed by atoms with Crippen LogP contribution in [0.15, 0.2) is 30.3 Å². The van der Waals surface area contributed by atoms with Crippen LogP contribution < -0.4 is 4.18 Å². The minimum absolute atomic E-state index is 0.0742. The minimum atomic E-state index is -3.40. The molecular formula is C9H11IO3S. The van der Waals surface area contributed by atoms with Crippen molar-refractivity contribution in [2.75, 3.05) is 10.2 Å². The highest BCUT2D eigenvalue weighted by Crippen LogP contribution is 2.12. The van der Waals surface area contributed by atoms with E-state index < -0.39 is 10.1 Å². The average Bonchev–Trinajstić information content (AvgIpc) is 2.16. The summed E-state index contributed by atoms with van der Waals surface area (Å²) in [6.45, 7) is 0. The van der Waals surface area contributed by atoms with Crippen LogP contribution in [0.5, 0.6) is 5.75 Å². The first-order valence-corrected chi connectivity index (χ1v) is 7.27. The van der Waals surface area contributed by atoms with Crippen molar-refractivity contribution in [1.82, 2.24) is 0 Å². The van der Waals surface area contributed by atoms with Crippen LogP contribution in [0.4, 0.5) is 0 Å². The molecule has 78 valence electrons. The molecule has 0 heterocycles. The van der Waals surface area contributed by atoms with Crippen LogP contribution in [0.3, 0.4) is 0 Å². The third-order valence-corrected chi connectivity index (χ3v) is 3.49. The average molecular weight is 326 g/mol. The van der Waals surface area contributed by atoms with Gasteiger partial charge in [-0.25, -0.2) is 0 Å². The zero-order chi connectivity index (χ0) is 10.4. The normalized spacial score (nSPS) is 11.2. The smallest absolute Gasteiger partial charge is 0.309 e. The molecule has 0 aromatic heterocycles. The fourth-order valence-electron chi connectivity index (χ4n) is 0.896. The Bertz CT molecular complexity index is 361. The van der Waals surface area contributed by atoms with Gasteiger partial charge in [0.15, 0.2) is 0 Å². The Morgan fingerprint density at radius 2 is 1.86 bits per heavy atom. The minimum Gasteiger partial charge on any atom is -0.382 e. The molecule has 1 aromatic carbocycles. The van der Waals surface area contributed by atoms with Crippen LogP contribution in [-0.4, -0.2) is 18.6 Å². The summed E-state index contributed by atoms with van der Waals surface area (Å²) >= 11 is 2.14. The van der Waals surface area contributed by atoms with Crippen LogP contribution in [0.1, 0.15) is 6.42 Å². The number of halogens is 1. The Hall–Kier alpha value is -0.300. The third-order valence-electron chi connectivity index (χ3n) is 1.49. The predicted octanol–water partition coefficient (Wildman–Crippen LogP) is 2.22. The van der Waals surface area contributed by atoms with Gasteiger partial charge in [0.05, 0.1) is 5.75 Å². The van der Waals surface area contributed by atoms with E-state index in [1.165, 1.54) is 0 Å². The van der Waals surface area contributed by atoms with Gasteiger partial charge in [0.25, 0.3) is 0 Å². The second kappa shape index (κ2) is 5.55. The van der Waals surface area contributed by atoms with Crippen molar-refractivity contribution >= 4 is 32.7 Å². The lowest BCUT2D eigenvalue weighted by molar-refractivity contribution is 0.485. The molecule has 0 amide bonds. The largest absolute Gasteiger partial charge is 0.382 e. The van der Waals surface area contributed by atoms with Gasteiger partial charge in [0, 0.05) is 4.43 Å². The van der Waals surface area contributed by atoms with Crippen molar-refractivity contribution in [2.45, 2.75) is 6.42 Å². The standard InChI is InChI=1S/C9H11IO3S/c10-7-4-8-14(11,12)13-9-5-2-1-3-6-9/h1-3,5-6H,4,7-8H2. The van der Waals surface area contributed by atoms with E-state index in [4.69, 9.17) is 4.18 Å². The van der Waals surface area contributed by atoms with E-state index in [0.29, 0.717) is 12.2 Å². The predicted molar refractivity (Wildman–Crippen MR) is 64.4 cm³/mol. The summed E-state index contributed by atoms with van der Waals surface area (Å²) in [5.74, 6) is 0.450. The molecule has 0 bridgehead atoms. The van der Waals surface area contributed by atoms with Gasteiger partial charge in [0.1, 0.15) is 5.75 Å². The zero-order valence-corrected chi connectivity index (χ0v) is 10.5. The van der Waals surface area contributed by atoms with Gasteiger partial charge in [-0.1, -0.05) is 40.8 Å². The molecule has 0 radical (unpaired) electrons. The number of benzene rings is 1. The van der Waals surface area contributed by atoms with Gasteiger partial charge in [-0.2, -0.15) is 8.42 Å². The molecular weight excluding hydrogens is 315 g/mol. The van der Waals surface area contributed by atoms with Gasteiger partial charge in [0.2, 0.25) is 0 Å². The summed E-state index contributed by atoms with van der Waals surface area (Å²) in [6, 6.07) is 8.54. The van der Waals surface area contributed by atoms with Crippen molar-refractivity contribution in [3.05, 3.63) is 30.3 Å². The summed E-state index contributed by atoms with van der Waals surface area (Å²) in [6.07, 6.45) is 0.621. The van der Waals surface area contributed by atoms with Crippen LogP contribution in [0.25, 0.3) is 0 Å². The maximum atomic E-state index is 11.3. The monoisotopic (exact) mass is 326 g/mol. The molecule has 5 heteroatoms. The molecule has 0 fully saturated rings. The molecule has 0 atom stereocenters. The van der Waals surface area contributed by atoms with Gasteiger partial charge in [-0.05, 0) is 18.6 Å². The topological polar surface area (TPSA) is 43.4 Å². The summed E-state index contributed by atoms with van der Waals surface area (Å²) in [7, 11) is -3.40. The van der Waals surface area contributed by atoms with E-state index in [1.807, 2.05) is 6.07 Å². The van der Waals surface area contributed by atoms with Crippen molar-refractivity contribution in [1.29, 1.82) is 0 Å². The fourth-order valence-corrected chi connectivity index (χ4v) is 2.78. The van der Waals surface area contributed by atoms with Crippen LogP contribution in [-0.2, 0) is 10.1 Å². The number of para-hydroxylation sites is 1. The number of alkyl halides is 1. The maximum Gasteiger partial charge on any atom is 0.309 e. The summed E-state index contributed by atoms with van der Waals surface area (Å²) in [4.78, 5) is 0. The zero-order valence-electron chi connectivity index (χ0n) is 7.52. The molecule has 0 unspecified atom stereocenters. The molecule has 0 aliphatic heterocycles. The van der Waals surface area contributed by atoms with Crippen LogP contribution in [0, 0.1) is 0 Å². The molecule has 0 N–H and O–H groups in total. The van der Waals surface area contributed by atoms with Gasteiger partial charge in [-0.15, -0.1) is 0 Å². The lowest BCUT2D eigenvalue weighted by atomic mass is 10.3. The fraction of sp³-hybridized carbons (Fsp3) is 0.333. The second-order valence-corrected chi connectivity index (χ2v) is 5.47. The van der Waals surface area contributed by atoms with Crippen molar-refractivity contribution in [2.24, 2.45) is 0 Å². The lowest BCUT2D eigenvalue weighted by Gasteiger charge is -2.05. The molecule has 0 aliphatic rings. The molecule has 3 nitrogen and oxygen atoms in total. The van der Waals surface area contributed by atoms with Gasteiger partial charge >= 0.3 is 10.1 Å². The van der Waals surface area contributed by atoms with E-state index in [1.54, 1.807) is 24.3 Å². The van der Waals surface area contributed by atoms with E-state index in [0.717, 1.165) is 4.43 Å². The van der Waals surface area contributed by atoms with Crippen LogP contribution >= 0.6 is 22.6 Å². The van der Waals surface area contributed by atoms with E-state index in [9.17, 15) is 8.42 Å². The van der Waals surface area contributed by atoms with E-state index in [-0.39, 0.29) is 5.75 Å². The first-order chi connectivity index (χ1) is 6.64. The van der Waals surface area contributed by atoms with Gasteiger partial charge < -0.3 is 4.18 Å². The number of hydrogen-bond acceptors (Lipinski definition) is 3. The summed E-state index contributed by atoms with van der Waals surface area (Å²) < 4.78 is 28.4. The highest BCUT2D eigenvalue weighted by molar-refractivity contribution is 14.1. The van der Waals surface area contributed by atoms with Crippen molar-refractivity contribution < 1.29 is 12.6 Å². The van der Waals surface area contributed by atoms with E-state index >= 15 is 0 Å². The highest BCUT2D eigenvalue weighted by atomic mass is 127. The maximum absolute atomic E-state index is 11.3. The summed E-state index contributed by atoms with van der Waals surface area (Å²) in [5, 5.41) is 0. The molecule has 0 saturated carbocycles. The first-order valence-electron chi connectivity index (χ1n) is 4.17. The Balaban J connectivity index is 2.60. The van der Waals surface area contributed by atoms with Crippen molar-refractivity contribution in [3.8, 4) is 5.75 Å². The van der Waals surface area contributed by atoms with E-state index in [2.05, 4.69) is 22.6 Å². The van der Waals surface area contributed by atoms with Crippen molar-refractivity contribution in [3.63, 3.8) is 0 Å². The Morgan fingerprint density at radius 3 is 2.43 bits per heavy atom.